The van der Waals surface area contributed by atoms with E-state index in [-0.39, 0.29) is 17.6 Å². The third-order valence-electron chi connectivity index (χ3n) is 5.87. The Morgan fingerprint density at radius 2 is 2.07 bits per heavy atom. The van der Waals surface area contributed by atoms with Crippen LogP contribution in [-0.2, 0) is 4.74 Å². The van der Waals surface area contributed by atoms with Crippen LogP contribution in [0, 0.1) is 11.3 Å². The van der Waals surface area contributed by atoms with Gasteiger partial charge in [0.2, 0.25) is 0 Å². The predicted molar refractivity (Wildman–Crippen MR) is 109 cm³/mol. The fourth-order valence-electron chi connectivity index (χ4n) is 3.76. The van der Waals surface area contributed by atoms with E-state index in [0.29, 0.717) is 28.4 Å². The molecule has 1 saturated carbocycles. The zero-order valence-corrected chi connectivity index (χ0v) is 17.1. The summed E-state index contributed by atoms with van der Waals surface area (Å²) < 4.78 is 6.74. The van der Waals surface area contributed by atoms with Gasteiger partial charge >= 0.3 is 6.09 Å². The van der Waals surface area contributed by atoms with Gasteiger partial charge in [0.25, 0.3) is 5.91 Å². The minimum Gasteiger partial charge on any atom is -0.447 e. The Kier molecular flexibility index (Phi) is 5.23. The number of fused-ring (bicyclic) bond motifs is 1. The first kappa shape index (κ1) is 20.0. The average molecular weight is 387 g/mol. The van der Waals surface area contributed by atoms with Crippen molar-refractivity contribution in [3.05, 3.63) is 24.0 Å². The summed E-state index contributed by atoms with van der Waals surface area (Å²) in [6.07, 6.45) is 4.50. The molecule has 0 aliphatic heterocycles. The van der Waals surface area contributed by atoms with Crippen molar-refractivity contribution >= 4 is 28.9 Å². The number of aromatic nitrogens is 2. The number of primary amides is 1. The van der Waals surface area contributed by atoms with Crippen LogP contribution in [0.15, 0.2) is 18.5 Å². The molecule has 0 spiro atoms. The molecule has 8 heteroatoms. The van der Waals surface area contributed by atoms with E-state index in [1.165, 1.54) is 6.20 Å². The molecule has 28 heavy (non-hydrogen) atoms. The average Bonchev–Trinajstić information content (AvgIpc) is 3.09. The molecule has 2 aromatic heterocycles. The summed E-state index contributed by atoms with van der Waals surface area (Å²) in [7, 11) is 0. The number of carbonyl (C=O) groups excluding carboxylic acids is 2. The second-order valence-electron chi connectivity index (χ2n) is 8.43. The Balaban J connectivity index is 1.98. The second kappa shape index (κ2) is 7.33. The van der Waals surface area contributed by atoms with Crippen molar-refractivity contribution in [1.82, 2.24) is 9.61 Å². The number of anilines is 2. The summed E-state index contributed by atoms with van der Waals surface area (Å²) in [6, 6.07) is 1.96. The SMILES string of the molecule is CC(C)OC(=O)Nc1cc2c(NC3CCC(C)C3(C)C)c(C(N)=O)cnn2c1. The molecule has 2 atom stereocenters. The predicted octanol–water partition coefficient (Wildman–Crippen LogP) is 3.63. The van der Waals surface area contributed by atoms with E-state index in [1.807, 2.05) is 0 Å². The van der Waals surface area contributed by atoms with E-state index in [1.54, 1.807) is 30.6 Å². The zero-order valence-electron chi connectivity index (χ0n) is 17.1. The Hall–Kier alpha value is -2.77. The molecule has 2 unspecified atom stereocenters. The Bertz CT molecular complexity index is 903. The summed E-state index contributed by atoms with van der Waals surface area (Å²) in [5.41, 5.74) is 7.84. The van der Waals surface area contributed by atoms with Gasteiger partial charge in [0.1, 0.15) is 0 Å². The van der Waals surface area contributed by atoms with Crippen LogP contribution in [0.5, 0.6) is 0 Å². The smallest absolute Gasteiger partial charge is 0.411 e. The lowest BCUT2D eigenvalue weighted by Crippen LogP contribution is -2.35. The maximum Gasteiger partial charge on any atom is 0.411 e. The number of hydrogen-bond donors (Lipinski definition) is 3. The highest BCUT2D eigenvalue weighted by Gasteiger charge is 2.41. The van der Waals surface area contributed by atoms with Gasteiger partial charge in [0, 0.05) is 6.04 Å². The van der Waals surface area contributed by atoms with E-state index < -0.39 is 12.0 Å². The second-order valence-corrected chi connectivity index (χ2v) is 8.43. The monoisotopic (exact) mass is 387 g/mol. The van der Waals surface area contributed by atoms with Gasteiger partial charge < -0.3 is 15.8 Å². The number of ether oxygens (including phenoxy) is 1. The Labute approximate surface area is 164 Å². The highest BCUT2D eigenvalue weighted by atomic mass is 16.6. The Morgan fingerprint density at radius 3 is 2.64 bits per heavy atom. The molecule has 0 radical (unpaired) electrons. The number of nitrogens with one attached hydrogen (secondary N) is 2. The quantitative estimate of drug-likeness (QED) is 0.725. The van der Waals surface area contributed by atoms with E-state index in [0.717, 1.165) is 12.8 Å². The topological polar surface area (TPSA) is 111 Å². The van der Waals surface area contributed by atoms with Gasteiger partial charge in [-0.1, -0.05) is 20.8 Å². The van der Waals surface area contributed by atoms with Crippen LogP contribution in [0.2, 0.25) is 0 Å². The first-order valence-corrected chi connectivity index (χ1v) is 9.65. The molecule has 3 rings (SSSR count). The summed E-state index contributed by atoms with van der Waals surface area (Å²) in [5.74, 6) is 0.0194. The van der Waals surface area contributed by atoms with Gasteiger partial charge in [-0.2, -0.15) is 5.10 Å². The van der Waals surface area contributed by atoms with E-state index in [4.69, 9.17) is 10.5 Å². The highest BCUT2D eigenvalue weighted by Crippen LogP contribution is 2.44. The van der Waals surface area contributed by atoms with Crippen LogP contribution in [0.1, 0.15) is 57.8 Å². The first-order valence-electron chi connectivity index (χ1n) is 9.65. The van der Waals surface area contributed by atoms with Crippen LogP contribution in [0.4, 0.5) is 16.2 Å². The summed E-state index contributed by atoms with van der Waals surface area (Å²) in [5, 5.41) is 10.5. The molecule has 1 fully saturated rings. The standard InChI is InChI=1S/C20H29N5O3/c1-11(2)28-19(27)23-13-8-15-17(14(18(21)26)9-22-25(15)10-13)24-16-7-6-12(3)20(16,4)5/h8-12,16,24H,6-7H2,1-5H3,(H2,21,26)(H,23,27). The zero-order chi connectivity index (χ0) is 20.6. The lowest BCUT2D eigenvalue weighted by atomic mass is 9.80. The van der Waals surface area contributed by atoms with Gasteiger partial charge in [0.15, 0.2) is 0 Å². The van der Waals surface area contributed by atoms with Gasteiger partial charge in [-0.05, 0) is 44.1 Å². The number of rotatable bonds is 5. The van der Waals surface area contributed by atoms with Crippen LogP contribution >= 0.6 is 0 Å². The number of nitrogens with zero attached hydrogens (tertiary/aromatic N) is 2. The molecule has 0 bridgehead atoms. The summed E-state index contributed by atoms with van der Waals surface area (Å²) in [4.78, 5) is 23.9. The van der Waals surface area contributed by atoms with Crippen LogP contribution < -0.4 is 16.4 Å². The molecule has 2 aromatic rings. The van der Waals surface area contributed by atoms with Gasteiger partial charge in [0.05, 0.1) is 41.0 Å². The Morgan fingerprint density at radius 1 is 1.36 bits per heavy atom. The molecular formula is C20H29N5O3. The van der Waals surface area contributed by atoms with Crippen LogP contribution in [0.3, 0.4) is 0 Å². The normalized spacial score (nSPS) is 21.1. The molecule has 152 valence electrons. The van der Waals surface area contributed by atoms with Gasteiger partial charge in [-0.25, -0.2) is 9.31 Å². The van der Waals surface area contributed by atoms with Crippen molar-refractivity contribution in [3.63, 3.8) is 0 Å². The molecule has 2 amide bonds. The van der Waals surface area contributed by atoms with Crippen molar-refractivity contribution in [1.29, 1.82) is 0 Å². The summed E-state index contributed by atoms with van der Waals surface area (Å²) >= 11 is 0. The van der Waals surface area contributed by atoms with Crippen molar-refractivity contribution in [2.45, 2.75) is 59.6 Å². The molecule has 1 aliphatic carbocycles. The van der Waals surface area contributed by atoms with Crippen molar-refractivity contribution in [3.8, 4) is 0 Å². The minimum atomic E-state index is -0.545. The number of hydrogen-bond acceptors (Lipinski definition) is 5. The van der Waals surface area contributed by atoms with Crippen LogP contribution in [-0.4, -0.2) is 33.8 Å². The molecule has 0 saturated heterocycles. The maximum atomic E-state index is 12.0. The fourth-order valence-corrected chi connectivity index (χ4v) is 3.76. The van der Waals surface area contributed by atoms with Crippen molar-refractivity contribution in [2.75, 3.05) is 10.6 Å². The third-order valence-corrected chi connectivity index (χ3v) is 5.87. The molecule has 0 aromatic carbocycles. The van der Waals surface area contributed by atoms with E-state index in [2.05, 4.69) is 36.5 Å². The van der Waals surface area contributed by atoms with Gasteiger partial charge in [-0.3, -0.25) is 10.1 Å². The molecule has 2 heterocycles. The largest absolute Gasteiger partial charge is 0.447 e. The lowest BCUT2D eigenvalue weighted by molar-refractivity contribution is 0.1000. The van der Waals surface area contributed by atoms with Crippen molar-refractivity contribution in [2.24, 2.45) is 17.1 Å². The van der Waals surface area contributed by atoms with Gasteiger partial charge in [-0.15, -0.1) is 0 Å². The highest BCUT2D eigenvalue weighted by molar-refractivity contribution is 6.02. The molecular weight excluding hydrogens is 358 g/mol. The number of carbonyl (C=O) groups is 2. The summed E-state index contributed by atoms with van der Waals surface area (Å²) in [6.45, 7) is 10.3. The maximum absolute atomic E-state index is 12.0. The first-order chi connectivity index (χ1) is 13.1. The lowest BCUT2D eigenvalue weighted by Gasteiger charge is -2.33. The third kappa shape index (κ3) is 3.76. The van der Waals surface area contributed by atoms with Crippen LogP contribution in [0.25, 0.3) is 5.52 Å². The molecule has 1 aliphatic rings. The fraction of sp³-hybridized carbons (Fsp3) is 0.550. The number of amides is 2. The molecule has 4 N–H and O–H groups in total. The minimum absolute atomic E-state index is 0.0733. The van der Waals surface area contributed by atoms with E-state index in [9.17, 15) is 9.59 Å². The van der Waals surface area contributed by atoms with Crippen molar-refractivity contribution < 1.29 is 14.3 Å². The molecule has 8 nitrogen and oxygen atoms in total. The number of nitrogens with two attached hydrogens (primary N) is 1. The van der Waals surface area contributed by atoms with E-state index >= 15 is 0 Å².